The number of rotatable bonds is 7. The highest BCUT2D eigenvalue weighted by atomic mass is 16.4. The third kappa shape index (κ3) is 4.70. The average molecular weight is 291 g/mol. The fourth-order valence-electron chi connectivity index (χ4n) is 2.05. The van der Waals surface area contributed by atoms with Gasteiger partial charge in [-0.05, 0) is 38.0 Å². The number of hydrogen-bond donors (Lipinski definition) is 2. The number of unbranched alkanes of at least 4 members (excludes halogenated alkanes) is 1. The molecule has 5 nitrogen and oxygen atoms in total. The maximum atomic E-state index is 12.1. The molecule has 0 fully saturated rings. The van der Waals surface area contributed by atoms with Crippen molar-refractivity contribution in [1.29, 1.82) is 0 Å². The highest BCUT2D eigenvalue weighted by Crippen LogP contribution is 2.12. The molecule has 0 aromatic heterocycles. The van der Waals surface area contributed by atoms with Crippen LogP contribution in [0.2, 0.25) is 0 Å². The normalized spacial score (nSPS) is 11.8. The van der Waals surface area contributed by atoms with Crippen LogP contribution >= 0.6 is 0 Å². The SMILES string of the molecule is CCCCC(NC(=O)c1ccc(C)c(C(C)=O)c1)C(=O)O. The molecule has 0 aliphatic rings. The summed E-state index contributed by atoms with van der Waals surface area (Å²) in [5.41, 5.74) is 1.57. The number of carbonyl (C=O) groups is 3. The predicted molar refractivity (Wildman–Crippen MR) is 79.6 cm³/mol. The number of aliphatic carboxylic acids is 1. The number of carboxylic acid groups (broad SMARTS) is 1. The molecule has 1 aromatic carbocycles. The van der Waals surface area contributed by atoms with E-state index in [0.29, 0.717) is 17.5 Å². The van der Waals surface area contributed by atoms with Crippen molar-refractivity contribution in [2.24, 2.45) is 0 Å². The average Bonchev–Trinajstić information content (AvgIpc) is 2.42. The molecule has 1 atom stereocenters. The number of amides is 1. The first kappa shape index (κ1) is 16.9. The molecule has 0 bridgehead atoms. The predicted octanol–water partition coefficient (Wildman–Crippen LogP) is 2.57. The van der Waals surface area contributed by atoms with Gasteiger partial charge in [0, 0.05) is 11.1 Å². The summed E-state index contributed by atoms with van der Waals surface area (Å²) in [6.45, 7) is 5.19. The number of ketones is 1. The Labute approximate surface area is 124 Å². The van der Waals surface area contributed by atoms with Crippen LogP contribution in [0.1, 0.15) is 59.4 Å². The van der Waals surface area contributed by atoms with Crippen molar-refractivity contribution >= 4 is 17.7 Å². The fraction of sp³-hybridized carbons (Fsp3) is 0.438. The van der Waals surface area contributed by atoms with E-state index in [1.54, 1.807) is 19.1 Å². The van der Waals surface area contributed by atoms with Crippen molar-refractivity contribution in [2.75, 3.05) is 0 Å². The van der Waals surface area contributed by atoms with E-state index in [2.05, 4.69) is 5.32 Å². The lowest BCUT2D eigenvalue weighted by Crippen LogP contribution is -2.40. The second-order valence-corrected chi connectivity index (χ2v) is 5.09. The first-order valence-corrected chi connectivity index (χ1v) is 7.02. The number of benzene rings is 1. The zero-order valence-corrected chi connectivity index (χ0v) is 12.6. The molecule has 0 aliphatic carbocycles. The van der Waals surface area contributed by atoms with E-state index >= 15 is 0 Å². The number of Topliss-reactive ketones (excluding diaryl/α,β-unsaturated/α-hetero) is 1. The van der Waals surface area contributed by atoms with E-state index < -0.39 is 17.9 Å². The molecule has 0 heterocycles. The summed E-state index contributed by atoms with van der Waals surface area (Å²) < 4.78 is 0. The molecule has 0 aliphatic heterocycles. The third-order valence-corrected chi connectivity index (χ3v) is 3.33. The Morgan fingerprint density at radius 3 is 2.48 bits per heavy atom. The highest BCUT2D eigenvalue weighted by Gasteiger charge is 2.20. The van der Waals surface area contributed by atoms with Crippen LogP contribution in [-0.2, 0) is 4.79 Å². The van der Waals surface area contributed by atoms with Crippen LogP contribution in [0.4, 0.5) is 0 Å². The third-order valence-electron chi connectivity index (χ3n) is 3.33. The molecule has 0 radical (unpaired) electrons. The Balaban J connectivity index is 2.90. The monoisotopic (exact) mass is 291 g/mol. The maximum absolute atomic E-state index is 12.1. The van der Waals surface area contributed by atoms with Gasteiger partial charge < -0.3 is 10.4 Å². The van der Waals surface area contributed by atoms with E-state index in [1.165, 1.54) is 13.0 Å². The first-order valence-electron chi connectivity index (χ1n) is 7.02. The molecule has 1 amide bonds. The van der Waals surface area contributed by atoms with Crippen LogP contribution in [0.15, 0.2) is 18.2 Å². The molecule has 114 valence electrons. The highest BCUT2D eigenvalue weighted by molar-refractivity contribution is 6.01. The standard InChI is InChI=1S/C16H21NO4/c1-4-5-6-14(16(20)21)17-15(19)12-8-7-10(2)13(9-12)11(3)18/h7-9,14H,4-6H2,1-3H3,(H,17,19)(H,20,21). The largest absolute Gasteiger partial charge is 0.480 e. The summed E-state index contributed by atoms with van der Waals surface area (Å²) >= 11 is 0. The van der Waals surface area contributed by atoms with Crippen LogP contribution in [0, 0.1) is 6.92 Å². The lowest BCUT2D eigenvalue weighted by atomic mass is 10.0. The molecule has 0 saturated heterocycles. The summed E-state index contributed by atoms with van der Waals surface area (Å²) in [6, 6.07) is 3.88. The van der Waals surface area contributed by atoms with Crippen molar-refractivity contribution in [3.63, 3.8) is 0 Å². The minimum absolute atomic E-state index is 0.122. The van der Waals surface area contributed by atoms with Gasteiger partial charge in [-0.3, -0.25) is 9.59 Å². The fourth-order valence-corrected chi connectivity index (χ4v) is 2.05. The number of carbonyl (C=O) groups excluding carboxylic acids is 2. The summed E-state index contributed by atoms with van der Waals surface area (Å²) in [4.78, 5) is 34.7. The van der Waals surface area contributed by atoms with Gasteiger partial charge in [0.2, 0.25) is 0 Å². The molecular formula is C16H21NO4. The van der Waals surface area contributed by atoms with Gasteiger partial charge in [0.1, 0.15) is 6.04 Å². The van der Waals surface area contributed by atoms with E-state index in [1.807, 2.05) is 6.92 Å². The van der Waals surface area contributed by atoms with Gasteiger partial charge in [-0.15, -0.1) is 0 Å². The van der Waals surface area contributed by atoms with Crippen molar-refractivity contribution in [3.8, 4) is 0 Å². The molecule has 1 unspecified atom stereocenters. The lowest BCUT2D eigenvalue weighted by molar-refractivity contribution is -0.139. The quantitative estimate of drug-likeness (QED) is 0.756. The van der Waals surface area contributed by atoms with Gasteiger partial charge in [0.15, 0.2) is 5.78 Å². The minimum atomic E-state index is -1.05. The second-order valence-electron chi connectivity index (χ2n) is 5.09. The molecule has 1 rings (SSSR count). The van der Waals surface area contributed by atoms with Crippen LogP contribution in [-0.4, -0.2) is 28.8 Å². The Morgan fingerprint density at radius 1 is 1.29 bits per heavy atom. The minimum Gasteiger partial charge on any atom is -0.480 e. The molecular weight excluding hydrogens is 270 g/mol. The Kier molecular flexibility index (Phi) is 6.09. The Morgan fingerprint density at radius 2 is 1.95 bits per heavy atom. The second kappa shape index (κ2) is 7.57. The van der Waals surface area contributed by atoms with Gasteiger partial charge in [0.25, 0.3) is 5.91 Å². The molecule has 0 spiro atoms. The topological polar surface area (TPSA) is 83.5 Å². The number of hydrogen-bond acceptors (Lipinski definition) is 3. The van der Waals surface area contributed by atoms with E-state index in [4.69, 9.17) is 5.11 Å². The van der Waals surface area contributed by atoms with Crippen LogP contribution < -0.4 is 5.32 Å². The molecule has 21 heavy (non-hydrogen) atoms. The van der Waals surface area contributed by atoms with E-state index in [-0.39, 0.29) is 5.78 Å². The van der Waals surface area contributed by atoms with E-state index in [9.17, 15) is 14.4 Å². The zero-order chi connectivity index (χ0) is 16.0. The van der Waals surface area contributed by atoms with Gasteiger partial charge in [-0.1, -0.05) is 25.8 Å². The Bertz CT molecular complexity index is 551. The van der Waals surface area contributed by atoms with Crippen molar-refractivity contribution in [3.05, 3.63) is 34.9 Å². The molecule has 1 aromatic rings. The maximum Gasteiger partial charge on any atom is 0.326 e. The smallest absolute Gasteiger partial charge is 0.326 e. The zero-order valence-electron chi connectivity index (χ0n) is 12.6. The number of aryl methyl sites for hydroxylation is 1. The van der Waals surface area contributed by atoms with Crippen molar-refractivity contribution in [1.82, 2.24) is 5.32 Å². The van der Waals surface area contributed by atoms with Gasteiger partial charge in [-0.25, -0.2) is 4.79 Å². The number of nitrogens with one attached hydrogen (secondary N) is 1. The van der Waals surface area contributed by atoms with Gasteiger partial charge in [-0.2, -0.15) is 0 Å². The molecule has 2 N–H and O–H groups in total. The van der Waals surface area contributed by atoms with Crippen LogP contribution in [0.25, 0.3) is 0 Å². The summed E-state index contributed by atoms with van der Waals surface area (Å²) in [5, 5.41) is 11.6. The lowest BCUT2D eigenvalue weighted by Gasteiger charge is -2.14. The van der Waals surface area contributed by atoms with Crippen molar-refractivity contribution < 1.29 is 19.5 Å². The number of carboxylic acids is 1. The summed E-state index contributed by atoms with van der Waals surface area (Å²) in [5.74, 6) is -1.64. The first-order chi connectivity index (χ1) is 9.86. The molecule has 0 saturated carbocycles. The van der Waals surface area contributed by atoms with Crippen LogP contribution in [0.3, 0.4) is 0 Å². The Hall–Kier alpha value is -2.17. The van der Waals surface area contributed by atoms with Gasteiger partial charge >= 0.3 is 5.97 Å². The van der Waals surface area contributed by atoms with Gasteiger partial charge in [0.05, 0.1) is 0 Å². The summed E-state index contributed by atoms with van der Waals surface area (Å²) in [6.07, 6.45) is 1.98. The molecule has 5 heteroatoms. The summed E-state index contributed by atoms with van der Waals surface area (Å²) in [7, 11) is 0. The van der Waals surface area contributed by atoms with Crippen LogP contribution in [0.5, 0.6) is 0 Å². The van der Waals surface area contributed by atoms with Crippen molar-refractivity contribution in [2.45, 2.75) is 46.1 Å². The van der Waals surface area contributed by atoms with E-state index in [0.717, 1.165) is 18.4 Å².